The second-order valence-electron chi connectivity index (χ2n) is 5.22. The van der Waals surface area contributed by atoms with Crippen molar-refractivity contribution in [3.05, 3.63) is 99.3 Å². The Hall–Kier alpha value is -3.40. The van der Waals surface area contributed by atoms with Crippen LogP contribution in [0.2, 0.25) is 0 Å². The van der Waals surface area contributed by atoms with E-state index in [-0.39, 0.29) is 11.4 Å². The van der Waals surface area contributed by atoms with Crippen LogP contribution in [0.1, 0.15) is 26.4 Å². The number of carbonyl (C=O) groups is 1. The zero-order valence-electron chi connectivity index (χ0n) is 13.3. The largest absolute Gasteiger partial charge is 0.288 e. The third-order valence-corrected chi connectivity index (χ3v) is 4.31. The van der Waals surface area contributed by atoms with Crippen molar-refractivity contribution >= 4 is 23.2 Å². The molecular weight excluding hydrogens is 326 g/mol. The van der Waals surface area contributed by atoms with Crippen LogP contribution < -0.4 is 0 Å². The van der Waals surface area contributed by atoms with Crippen molar-refractivity contribution in [1.82, 2.24) is 0 Å². The summed E-state index contributed by atoms with van der Waals surface area (Å²) in [5.41, 5.74) is 2.44. The van der Waals surface area contributed by atoms with E-state index < -0.39 is 0 Å². The fourth-order valence-corrected chi connectivity index (χ4v) is 2.97. The lowest BCUT2D eigenvalue weighted by Crippen LogP contribution is -2.01. The molecule has 1 heterocycles. The van der Waals surface area contributed by atoms with Gasteiger partial charge in [-0.15, -0.1) is 11.3 Å². The zero-order valence-corrected chi connectivity index (χ0v) is 14.1. The molecule has 0 bridgehead atoms. The van der Waals surface area contributed by atoms with Crippen molar-refractivity contribution in [2.75, 3.05) is 0 Å². The lowest BCUT2D eigenvalue weighted by molar-refractivity contribution is 0.104. The third-order valence-electron chi connectivity index (χ3n) is 3.43. The summed E-state index contributed by atoms with van der Waals surface area (Å²) in [4.78, 5) is 13.2. The van der Waals surface area contributed by atoms with Gasteiger partial charge in [0.1, 0.15) is 11.6 Å². The zero-order chi connectivity index (χ0) is 17.5. The second-order valence-corrected chi connectivity index (χ2v) is 6.16. The lowest BCUT2D eigenvalue weighted by atomic mass is 10.0. The van der Waals surface area contributed by atoms with Crippen molar-refractivity contribution in [3.8, 4) is 17.9 Å². The van der Waals surface area contributed by atoms with E-state index in [0.29, 0.717) is 5.56 Å². The molecular formula is C22H13NOS. The van der Waals surface area contributed by atoms with Gasteiger partial charge in [0.05, 0.1) is 0 Å². The van der Waals surface area contributed by atoms with Crippen molar-refractivity contribution in [3.63, 3.8) is 0 Å². The summed E-state index contributed by atoms with van der Waals surface area (Å²) in [6, 6.07) is 22.4. The van der Waals surface area contributed by atoms with Crippen LogP contribution in [0.5, 0.6) is 0 Å². The van der Waals surface area contributed by atoms with Gasteiger partial charge in [-0.05, 0) is 24.3 Å². The van der Waals surface area contributed by atoms with Crippen LogP contribution in [0, 0.1) is 23.2 Å². The van der Waals surface area contributed by atoms with E-state index in [0.717, 1.165) is 16.0 Å². The Morgan fingerprint density at radius 2 is 1.56 bits per heavy atom. The highest BCUT2D eigenvalue weighted by Crippen LogP contribution is 2.19. The van der Waals surface area contributed by atoms with E-state index >= 15 is 0 Å². The van der Waals surface area contributed by atoms with Gasteiger partial charge in [0.15, 0.2) is 0 Å². The van der Waals surface area contributed by atoms with Crippen LogP contribution >= 0.6 is 11.3 Å². The topological polar surface area (TPSA) is 40.9 Å². The molecule has 3 aromatic rings. The molecule has 0 amide bonds. The molecule has 0 spiro atoms. The number of hydrogen-bond acceptors (Lipinski definition) is 3. The first kappa shape index (κ1) is 16.5. The molecule has 2 nitrogen and oxygen atoms in total. The van der Waals surface area contributed by atoms with E-state index in [4.69, 9.17) is 0 Å². The van der Waals surface area contributed by atoms with Gasteiger partial charge in [0.25, 0.3) is 0 Å². The van der Waals surface area contributed by atoms with Gasteiger partial charge in [0, 0.05) is 26.9 Å². The van der Waals surface area contributed by atoms with E-state index in [2.05, 4.69) is 11.8 Å². The van der Waals surface area contributed by atoms with Crippen LogP contribution in [-0.4, -0.2) is 5.78 Å². The van der Waals surface area contributed by atoms with Crippen molar-refractivity contribution in [2.45, 2.75) is 0 Å². The molecule has 0 aliphatic heterocycles. The van der Waals surface area contributed by atoms with Gasteiger partial charge in [-0.2, -0.15) is 5.26 Å². The average molecular weight is 339 g/mol. The smallest absolute Gasteiger partial charge is 0.203 e. The molecule has 0 radical (unpaired) electrons. The molecule has 0 saturated carbocycles. The number of hydrogen-bond donors (Lipinski definition) is 0. The number of allylic oxidation sites excluding steroid dienone is 1. The first-order chi connectivity index (χ1) is 12.3. The Bertz CT molecular complexity index is 1010. The van der Waals surface area contributed by atoms with Crippen molar-refractivity contribution in [1.29, 1.82) is 5.26 Å². The van der Waals surface area contributed by atoms with E-state index in [1.165, 1.54) is 11.3 Å². The van der Waals surface area contributed by atoms with Crippen LogP contribution in [-0.2, 0) is 0 Å². The van der Waals surface area contributed by atoms with Crippen LogP contribution in [0.4, 0.5) is 0 Å². The summed E-state index contributed by atoms with van der Waals surface area (Å²) in [7, 11) is 0. The van der Waals surface area contributed by atoms with Gasteiger partial charge in [-0.25, -0.2) is 0 Å². The maximum Gasteiger partial charge on any atom is 0.203 e. The normalized spacial score (nSPS) is 10.4. The molecule has 118 valence electrons. The number of carbonyl (C=O) groups excluding carboxylic acids is 1. The molecule has 0 saturated heterocycles. The summed E-state index contributed by atoms with van der Waals surface area (Å²) < 4.78 is 0. The van der Waals surface area contributed by atoms with Gasteiger partial charge >= 0.3 is 0 Å². The first-order valence-electron chi connectivity index (χ1n) is 7.63. The highest BCUT2D eigenvalue weighted by atomic mass is 32.1. The maximum atomic E-state index is 12.4. The van der Waals surface area contributed by atoms with Gasteiger partial charge in [-0.1, -0.05) is 60.4 Å². The van der Waals surface area contributed by atoms with Crippen LogP contribution in [0.15, 0.2) is 77.7 Å². The number of nitrogens with zero attached hydrogens (tertiary/aromatic N) is 1. The van der Waals surface area contributed by atoms with Crippen molar-refractivity contribution in [2.24, 2.45) is 0 Å². The molecule has 3 heteroatoms. The molecule has 25 heavy (non-hydrogen) atoms. The highest BCUT2D eigenvalue weighted by Gasteiger charge is 2.11. The minimum Gasteiger partial charge on any atom is -0.288 e. The molecule has 0 unspecified atom stereocenters. The minimum absolute atomic E-state index is 0.121. The Kier molecular flexibility index (Phi) is 5.22. The maximum absolute atomic E-state index is 12.4. The molecule has 0 N–H and O–H groups in total. The summed E-state index contributed by atoms with van der Waals surface area (Å²) >= 11 is 1.46. The van der Waals surface area contributed by atoms with Crippen molar-refractivity contribution < 1.29 is 4.79 Å². The second kappa shape index (κ2) is 7.93. The summed E-state index contributed by atoms with van der Waals surface area (Å²) in [5.74, 6) is 5.92. The van der Waals surface area contributed by atoms with Gasteiger partial charge in [-0.3, -0.25) is 4.79 Å². The molecule has 0 atom stereocenters. The first-order valence-corrected chi connectivity index (χ1v) is 8.51. The Morgan fingerprint density at radius 3 is 2.24 bits per heavy atom. The fourth-order valence-electron chi connectivity index (χ4n) is 2.20. The van der Waals surface area contributed by atoms with Gasteiger partial charge < -0.3 is 0 Å². The Balaban J connectivity index is 1.82. The number of rotatable bonds is 3. The lowest BCUT2D eigenvalue weighted by Gasteiger charge is -1.97. The van der Waals surface area contributed by atoms with Gasteiger partial charge in [0.2, 0.25) is 5.78 Å². The predicted molar refractivity (Wildman–Crippen MR) is 101 cm³/mol. The van der Waals surface area contributed by atoms with E-state index in [9.17, 15) is 10.1 Å². The molecule has 0 aliphatic rings. The molecule has 1 aromatic heterocycles. The Labute approximate surface area is 150 Å². The molecule has 3 rings (SSSR count). The number of benzene rings is 2. The van der Waals surface area contributed by atoms with E-state index in [1.807, 2.05) is 53.9 Å². The summed E-state index contributed by atoms with van der Waals surface area (Å²) in [6.07, 6.45) is 1.62. The summed E-state index contributed by atoms with van der Waals surface area (Å²) in [6.45, 7) is 0. The fraction of sp³-hybridized carbons (Fsp3) is 0. The molecule has 2 aromatic carbocycles. The number of thiophene rings is 1. The highest BCUT2D eigenvalue weighted by molar-refractivity contribution is 7.11. The number of nitriles is 1. The Morgan fingerprint density at radius 1 is 0.920 bits per heavy atom. The molecule has 0 aliphatic carbocycles. The number of Topliss-reactive ketones (excluding diaryl/α,β-unsaturated/α-hetero) is 1. The van der Waals surface area contributed by atoms with Crippen LogP contribution in [0.25, 0.3) is 6.08 Å². The van der Waals surface area contributed by atoms with Crippen LogP contribution in [0.3, 0.4) is 0 Å². The molecule has 0 fully saturated rings. The summed E-state index contributed by atoms with van der Waals surface area (Å²) in [5, 5.41) is 11.2. The SMILES string of the molecule is N#C/C(=C\c1cc(C#Cc2ccccc2)cs1)C(=O)c1ccccc1. The standard InChI is InChI=1S/C22H13NOS/c23-15-20(22(24)19-9-5-2-6-10-19)14-21-13-18(16-25-21)12-11-17-7-3-1-4-8-17/h1-10,13-14,16H/b20-14+. The third kappa shape index (κ3) is 4.32. The number of ketones is 1. The van der Waals surface area contributed by atoms with E-state index in [1.54, 1.807) is 30.3 Å². The quantitative estimate of drug-likeness (QED) is 0.293. The monoisotopic (exact) mass is 339 g/mol. The average Bonchev–Trinajstić information content (AvgIpc) is 3.13. The predicted octanol–water partition coefficient (Wildman–Crippen LogP) is 4.94. The minimum atomic E-state index is -0.270.